The molecule has 3 aromatic rings. The average Bonchev–Trinajstić information content (AvgIpc) is 2.83. The third kappa shape index (κ3) is 2.11. The van der Waals surface area contributed by atoms with Crippen LogP contribution in [0.1, 0.15) is 31.6 Å². The molecule has 0 bridgehead atoms. The van der Waals surface area contributed by atoms with E-state index in [0.29, 0.717) is 17.2 Å². The van der Waals surface area contributed by atoms with E-state index in [1.54, 1.807) is 0 Å². The van der Waals surface area contributed by atoms with Gasteiger partial charge in [-0.15, -0.1) is 0 Å². The Morgan fingerprint density at radius 3 is 2.68 bits per heavy atom. The standard InChI is InChI=1S/C16H15ClO2/c1-2-5-14(18)15-9-10-8-13(17)11-6-3-4-7-12(11)16(10)19-15/h3-4,6-9,14,18H,2,5H2,1H3. The first kappa shape index (κ1) is 12.5. The van der Waals surface area contributed by atoms with Gasteiger partial charge in [0.2, 0.25) is 0 Å². The van der Waals surface area contributed by atoms with E-state index >= 15 is 0 Å². The first-order valence-corrected chi connectivity index (χ1v) is 6.87. The summed E-state index contributed by atoms with van der Waals surface area (Å²) < 4.78 is 5.84. The maximum absolute atomic E-state index is 10.0. The Kier molecular flexibility index (Phi) is 3.21. The zero-order valence-corrected chi connectivity index (χ0v) is 11.4. The van der Waals surface area contributed by atoms with Gasteiger partial charge in [-0.25, -0.2) is 0 Å². The Bertz CT molecular complexity index is 730. The van der Waals surface area contributed by atoms with Crippen LogP contribution in [0.2, 0.25) is 5.02 Å². The molecule has 0 aliphatic rings. The molecule has 0 fully saturated rings. The highest BCUT2D eigenvalue weighted by atomic mass is 35.5. The lowest BCUT2D eigenvalue weighted by Gasteiger charge is -2.04. The van der Waals surface area contributed by atoms with Gasteiger partial charge in [-0.1, -0.05) is 49.2 Å². The molecule has 0 aliphatic heterocycles. The third-order valence-corrected chi connectivity index (χ3v) is 3.69. The summed E-state index contributed by atoms with van der Waals surface area (Å²) in [5.41, 5.74) is 0.796. The van der Waals surface area contributed by atoms with Crippen molar-refractivity contribution in [2.45, 2.75) is 25.9 Å². The number of fused-ring (bicyclic) bond motifs is 3. The van der Waals surface area contributed by atoms with E-state index in [-0.39, 0.29) is 0 Å². The van der Waals surface area contributed by atoms with Gasteiger partial charge in [0.1, 0.15) is 17.4 Å². The molecule has 2 aromatic carbocycles. The molecule has 0 aliphatic carbocycles. The normalized spacial score (nSPS) is 13.2. The van der Waals surface area contributed by atoms with Crippen molar-refractivity contribution in [2.75, 3.05) is 0 Å². The van der Waals surface area contributed by atoms with Gasteiger partial charge in [0.05, 0.1) is 0 Å². The zero-order valence-electron chi connectivity index (χ0n) is 10.7. The highest BCUT2D eigenvalue weighted by Gasteiger charge is 2.15. The first-order chi connectivity index (χ1) is 9.20. The predicted molar refractivity (Wildman–Crippen MR) is 78.6 cm³/mol. The van der Waals surface area contributed by atoms with E-state index < -0.39 is 6.10 Å². The molecule has 1 unspecified atom stereocenters. The van der Waals surface area contributed by atoms with Gasteiger partial charge < -0.3 is 9.52 Å². The molecule has 1 aromatic heterocycles. The average molecular weight is 275 g/mol. The number of hydrogen-bond donors (Lipinski definition) is 1. The highest BCUT2D eigenvalue weighted by molar-refractivity contribution is 6.37. The quantitative estimate of drug-likeness (QED) is 0.723. The van der Waals surface area contributed by atoms with Crippen LogP contribution in [0.15, 0.2) is 40.8 Å². The van der Waals surface area contributed by atoms with Gasteiger partial charge >= 0.3 is 0 Å². The highest BCUT2D eigenvalue weighted by Crippen LogP contribution is 2.35. The second-order valence-corrected chi connectivity index (χ2v) is 5.18. The minimum atomic E-state index is -0.546. The lowest BCUT2D eigenvalue weighted by Crippen LogP contribution is -1.93. The number of hydrogen-bond acceptors (Lipinski definition) is 2. The molecule has 0 radical (unpaired) electrons. The fraction of sp³-hybridized carbons (Fsp3) is 0.250. The van der Waals surface area contributed by atoms with Crippen LogP contribution in [0.5, 0.6) is 0 Å². The topological polar surface area (TPSA) is 33.4 Å². The van der Waals surface area contributed by atoms with Gasteiger partial charge in [-0.05, 0) is 18.6 Å². The second kappa shape index (κ2) is 4.87. The van der Waals surface area contributed by atoms with Gasteiger partial charge in [0.25, 0.3) is 0 Å². The van der Waals surface area contributed by atoms with E-state index in [0.717, 1.165) is 28.2 Å². The fourth-order valence-electron chi connectivity index (χ4n) is 2.43. The van der Waals surface area contributed by atoms with Crippen molar-refractivity contribution in [1.29, 1.82) is 0 Å². The van der Waals surface area contributed by atoms with Crippen molar-refractivity contribution in [3.63, 3.8) is 0 Å². The fourth-order valence-corrected chi connectivity index (χ4v) is 2.71. The minimum absolute atomic E-state index is 0.546. The lowest BCUT2D eigenvalue weighted by molar-refractivity contribution is 0.142. The van der Waals surface area contributed by atoms with Gasteiger partial charge in [0, 0.05) is 21.2 Å². The van der Waals surface area contributed by atoms with E-state index in [1.807, 2.05) is 43.3 Å². The molecule has 1 atom stereocenters. The molecule has 1 N–H and O–H groups in total. The predicted octanol–water partition coefficient (Wildman–Crippen LogP) is 5.07. The number of furan rings is 1. The molecule has 3 heteroatoms. The largest absolute Gasteiger partial charge is 0.458 e. The second-order valence-electron chi connectivity index (χ2n) is 4.78. The monoisotopic (exact) mass is 274 g/mol. The van der Waals surface area contributed by atoms with E-state index in [1.165, 1.54) is 0 Å². The molecule has 0 saturated heterocycles. The third-order valence-electron chi connectivity index (χ3n) is 3.38. The van der Waals surface area contributed by atoms with Crippen LogP contribution >= 0.6 is 11.6 Å². The van der Waals surface area contributed by atoms with Gasteiger partial charge in [-0.2, -0.15) is 0 Å². The molecule has 2 nitrogen and oxygen atoms in total. The summed E-state index contributed by atoms with van der Waals surface area (Å²) in [6.07, 6.45) is 1.07. The SMILES string of the molecule is CCCC(O)c1cc2cc(Cl)c3ccccc3c2o1. The molecule has 98 valence electrons. The van der Waals surface area contributed by atoms with Crippen LogP contribution in [-0.4, -0.2) is 5.11 Å². The van der Waals surface area contributed by atoms with Crippen molar-refractivity contribution < 1.29 is 9.52 Å². The van der Waals surface area contributed by atoms with Gasteiger partial charge in [0.15, 0.2) is 0 Å². The van der Waals surface area contributed by atoms with Crippen LogP contribution < -0.4 is 0 Å². The minimum Gasteiger partial charge on any atom is -0.458 e. The molecule has 1 heterocycles. The van der Waals surface area contributed by atoms with E-state index in [2.05, 4.69) is 0 Å². The Morgan fingerprint density at radius 2 is 1.95 bits per heavy atom. The lowest BCUT2D eigenvalue weighted by atomic mass is 10.1. The Balaban J connectivity index is 2.25. The zero-order chi connectivity index (χ0) is 13.4. The molecule has 0 spiro atoms. The molecule has 3 rings (SSSR count). The van der Waals surface area contributed by atoms with Gasteiger partial charge in [-0.3, -0.25) is 0 Å². The van der Waals surface area contributed by atoms with Crippen molar-refractivity contribution in [1.82, 2.24) is 0 Å². The van der Waals surface area contributed by atoms with Crippen molar-refractivity contribution in [3.05, 3.63) is 47.2 Å². The van der Waals surface area contributed by atoms with Crippen molar-refractivity contribution in [3.8, 4) is 0 Å². The number of aliphatic hydroxyl groups is 1. The maximum atomic E-state index is 10.0. The summed E-state index contributed by atoms with van der Waals surface area (Å²) >= 11 is 6.28. The maximum Gasteiger partial charge on any atom is 0.142 e. The van der Waals surface area contributed by atoms with Crippen molar-refractivity contribution in [2.24, 2.45) is 0 Å². The first-order valence-electron chi connectivity index (χ1n) is 6.49. The Labute approximate surface area is 116 Å². The molecule has 0 amide bonds. The summed E-state index contributed by atoms with van der Waals surface area (Å²) in [6.45, 7) is 2.04. The number of benzene rings is 2. The molecular weight excluding hydrogens is 260 g/mol. The van der Waals surface area contributed by atoms with Crippen LogP contribution in [-0.2, 0) is 0 Å². The van der Waals surface area contributed by atoms with Crippen molar-refractivity contribution >= 4 is 33.3 Å². The Hall–Kier alpha value is -1.51. The molecule has 19 heavy (non-hydrogen) atoms. The van der Waals surface area contributed by atoms with E-state index in [4.69, 9.17) is 16.0 Å². The van der Waals surface area contributed by atoms with Crippen LogP contribution in [0, 0.1) is 0 Å². The summed E-state index contributed by atoms with van der Waals surface area (Å²) in [5.74, 6) is 0.615. The number of halogens is 1. The Morgan fingerprint density at radius 1 is 1.21 bits per heavy atom. The van der Waals surface area contributed by atoms with Crippen LogP contribution in [0.3, 0.4) is 0 Å². The summed E-state index contributed by atoms with van der Waals surface area (Å²) in [6, 6.07) is 11.7. The number of rotatable bonds is 3. The summed E-state index contributed by atoms with van der Waals surface area (Å²) in [5, 5.41) is 13.6. The smallest absolute Gasteiger partial charge is 0.142 e. The molecule has 0 saturated carbocycles. The van der Waals surface area contributed by atoms with Crippen LogP contribution in [0.4, 0.5) is 0 Å². The number of aliphatic hydroxyl groups excluding tert-OH is 1. The summed E-state index contributed by atoms with van der Waals surface area (Å²) in [7, 11) is 0. The molecular formula is C16H15ClO2. The summed E-state index contributed by atoms with van der Waals surface area (Å²) in [4.78, 5) is 0. The van der Waals surface area contributed by atoms with Crippen LogP contribution in [0.25, 0.3) is 21.7 Å². The van der Waals surface area contributed by atoms with E-state index in [9.17, 15) is 5.11 Å².